The van der Waals surface area contributed by atoms with Crippen LogP contribution >= 0.6 is 24.4 Å². The van der Waals surface area contributed by atoms with E-state index >= 15 is 0 Å². The molecule has 1 heterocycles. The molecule has 0 atom stereocenters. The zero-order chi connectivity index (χ0) is 12.0. The number of hydrogen-bond donors (Lipinski definition) is 1. The van der Waals surface area contributed by atoms with Gasteiger partial charge in [0.25, 0.3) is 0 Å². The first-order valence-electron chi connectivity index (χ1n) is 5.68. The molecule has 0 aliphatic heterocycles. The van der Waals surface area contributed by atoms with Gasteiger partial charge in [0.05, 0.1) is 0 Å². The zero-order valence-corrected chi connectivity index (χ0v) is 11.9. The number of nitrogens with zero attached hydrogens (tertiary/aromatic N) is 2. The molecule has 0 fully saturated rings. The first-order valence-corrected chi connectivity index (χ1v) is 7.30. The van der Waals surface area contributed by atoms with Crippen LogP contribution in [0.4, 0.5) is 0 Å². The standard InChI is InChI=1S/C12H20N2S2/c1-4-12(5-2,8-15)9-16-11-13-6-10(3)7-14-11/h6-7,15H,4-5,8-9H2,1-3H3. The molecule has 0 aliphatic rings. The molecule has 2 nitrogen and oxygen atoms in total. The predicted molar refractivity (Wildman–Crippen MR) is 74.4 cm³/mol. The van der Waals surface area contributed by atoms with Crippen LogP contribution in [-0.2, 0) is 0 Å². The average molecular weight is 256 g/mol. The van der Waals surface area contributed by atoms with Gasteiger partial charge >= 0.3 is 0 Å². The third kappa shape index (κ3) is 3.67. The number of thioether (sulfide) groups is 1. The molecule has 0 saturated heterocycles. The van der Waals surface area contributed by atoms with Crippen molar-refractivity contribution < 1.29 is 0 Å². The summed E-state index contributed by atoms with van der Waals surface area (Å²) in [4.78, 5) is 8.62. The highest BCUT2D eigenvalue weighted by Gasteiger charge is 2.24. The molecule has 0 spiro atoms. The Hall–Kier alpha value is -0.220. The van der Waals surface area contributed by atoms with E-state index in [1.165, 1.54) is 0 Å². The summed E-state index contributed by atoms with van der Waals surface area (Å²) in [6.45, 7) is 6.47. The Morgan fingerprint density at radius 1 is 1.25 bits per heavy atom. The van der Waals surface area contributed by atoms with Crippen LogP contribution in [-0.4, -0.2) is 21.5 Å². The minimum Gasteiger partial charge on any atom is -0.231 e. The van der Waals surface area contributed by atoms with Crippen LogP contribution in [0.15, 0.2) is 17.6 Å². The average Bonchev–Trinajstić information content (AvgIpc) is 2.34. The Bertz CT molecular complexity index is 299. The van der Waals surface area contributed by atoms with Crippen LogP contribution in [0.5, 0.6) is 0 Å². The molecule has 4 heteroatoms. The van der Waals surface area contributed by atoms with E-state index in [9.17, 15) is 0 Å². The summed E-state index contributed by atoms with van der Waals surface area (Å²) in [6, 6.07) is 0. The summed E-state index contributed by atoms with van der Waals surface area (Å²) in [7, 11) is 0. The smallest absolute Gasteiger partial charge is 0.187 e. The SMILES string of the molecule is CCC(CC)(CS)CSc1ncc(C)cn1. The highest BCUT2D eigenvalue weighted by molar-refractivity contribution is 7.99. The van der Waals surface area contributed by atoms with E-state index in [1.54, 1.807) is 11.8 Å². The minimum atomic E-state index is 0.321. The third-order valence-corrected chi connectivity index (χ3v) is 5.00. The van der Waals surface area contributed by atoms with Crippen molar-refractivity contribution in [3.8, 4) is 0 Å². The lowest BCUT2D eigenvalue weighted by atomic mass is 9.87. The molecule has 0 N–H and O–H groups in total. The number of rotatable bonds is 6. The fourth-order valence-corrected chi connectivity index (χ4v) is 3.31. The van der Waals surface area contributed by atoms with Gasteiger partial charge in [-0.05, 0) is 36.5 Å². The largest absolute Gasteiger partial charge is 0.231 e. The molecule has 1 aromatic rings. The molecule has 90 valence electrons. The normalized spacial score (nSPS) is 11.8. The number of thiol groups is 1. The number of aromatic nitrogens is 2. The van der Waals surface area contributed by atoms with Crippen molar-refractivity contribution in [3.63, 3.8) is 0 Å². The molecule has 1 rings (SSSR count). The first kappa shape index (κ1) is 13.8. The van der Waals surface area contributed by atoms with Gasteiger partial charge in [0.15, 0.2) is 5.16 Å². The van der Waals surface area contributed by atoms with Gasteiger partial charge < -0.3 is 0 Å². The lowest BCUT2D eigenvalue weighted by molar-refractivity contribution is 0.357. The van der Waals surface area contributed by atoms with Gasteiger partial charge in [0.2, 0.25) is 0 Å². The van der Waals surface area contributed by atoms with Gasteiger partial charge in [-0.3, -0.25) is 0 Å². The van der Waals surface area contributed by atoms with E-state index in [0.29, 0.717) is 5.41 Å². The van der Waals surface area contributed by atoms with Gasteiger partial charge in [-0.1, -0.05) is 25.6 Å². The van der Waals surface area contributed by atoms with Crippen LogP contribution in [0.1, 0.15) is 32.3 Å². The van der Waals surface area contributed by atoms with E-state index in [4.69, 9.17) is 0 Å². The van der Waals surface area contributed by atoms with Crippen molar-refractivity contribution in [3.05, 3.63) is 18.0 Å². The van der Waals surface area contributed by atoms with Crippen molar-refractivity contribution in [2.24, 2.45) is 5.41 Å². The Kier molecular flexibility index (Phi) is 5.62. The highest BCUT2D eigenvalue weighted by Crippen LogP contribution is 2.33. The van der Waals surface area contributed by atoms with E-state index in [0.717, 1.165) is 35.1 Å². The monoisotopic (exact) mass is 256 g/mol. The van der Waals surface area contributed by atoms with Crippen molar-refractivity contribution in [1.82, 2.24) is 9.97 Å². The van der Waals surface area contributed by atoms with Crippen LogP contribution in [0.25, 0.3) is 0 Å². The van der Waals surface area contributed by atoms with E-state index in [1.807, 2.05) is 19.3 Å². The molecule has 0 amide bonds. The zero-order valence-electron chi connectivity index (χ0n) is 10.2. The second-order valence-electron chi connectivity index (χ2n) is 4.20. The number of aryl methyl sites for hydroxylation is 1. The lowest BCUT2D eigenvalue weighted by Crippen LogP contribution is -2.24. The van der Waals surface area contributed by atoms with Gasteiger partial charge in [-0.15, -0.1) is 0 Å². The molecule has 0 aliphatic carbocycles. The minimum absolute atomic E-state index is 0.321. The first-order chi connectivity index (χ1) is 7.65. The topological polar surface area (TPSA) is 25.8 Å². The Morgan fingerprint density at radius 3 is 2.25 bits per heavy atom. The fourth-order valence-electron chi connectivity index (χ4n) is 1.40. The Labute approximate surface area is 108 Å². The summed E-state index contributed by atoms with van der Waals surface area (Å²) < 4.78 is 0. The van der Waals surface area contributed by atoms with E-state index < -0.39 is 0 Å². The van der Waals surface area contributed by atoms with Crippen molar-refractivity contribution in [2.75, 3.05) is 11.5 Å². The Morgan fingerprint density at radius 2 is 1.81 bits per heavy atom. The van der Waals surface area contributed by atoms with Gasteiger partial charge in [-0.25, -0.2) is 9.97 Å². The molecule has 0 unspecified atom stereocenters. The van der Waals surface area contributed by atoms with Gasteiger partial charge in [0.1, 0.15) is 0 Å². The maximum Gasteiger partial charge on any atom is 0.187 e. The number of hydrogen-bond acceptors (Lipinski definition) is 4. The molecular formula is C12H20N2S2. The van der Waals surface area contributed by atoms with E-state index in [2.05, 4.69) is 36.4 Å². The second kappa shape index (κ2) is 6.50. The molecule has 0 radical (unpaired) electrons. The van der Waals surface area contributed by atoms with Crippen molar-refractivity contribution in [2.45, 2.75) is 38.8 Å². The molecule has 0 bridgehead atoms. The highest BCUT2D eigenvalue weighted by atomic mass is 32.2. The molecule has 0 aromatic carbocycles. The fraction of sp³-hybridized carbons (Fsp3) is 0.667. The third-order valence-electron chi connectivity index (χ3n) is 3.10. The van der Waals surface area contributed by atoms with Crippen molar-refractivity contribution >= 4 is 24.4 Å². The summed E-state index contributed by atoms with van der Waals surface area (Å²) in [5.74, 6) is 1.98. The van der Waals surface area contributed by atoms with Crippen molar-refractivity contribution in [1.29, 1.82) is 0 Å². The van der Waals surface area contributed by atoms with Gasteiger partial charge in [-0.2, -0.15) is 12.6 Å². The molecule has 0 saturated carbocycles. The van der Waals surface area contributed by atoms with Crippen LogP contribution in [0, 0.1) is 12.3 Å². The van der Waals surface area contributed by atoms with Crippen LogP contribution in [0.3, 0.4) is 0 Å². The van der Waals surface area contributed by atoms with Crippen LogP contribution in [0.2, 0.25) is 0 Å². The van der Waals surface area contributed by atoms with E-state index in [-0.39, 0.29) is 0 Å². The summed E-state index contributed by atoms with van der Waals surface area (Å²) in [6.07, 6.45) is 6.06. The maximum absolute atomic E-state index is 4.47. The van der Waals surface area contributed by atoms with Crippen LogP contribution < -0.4 is 0 Å². The quantitative estimate of drug-likeness (QED) is 0.478. The predicted octanol–water partition coefficient (Wildman–Crippen LogP) is 3.61. The summed E-state index contributed by atoms with van der Waals surface area (Å²) >= 11 is 6.21. The summed E-state index contributed by atoms with van der Waals surface area (Å²) in [5.41, 5.74) is 1.43. The Balaban J connectivity index is 2.58. The maximum atomic E-state index is 4.47. The second-order valence-corrected chi connectivity index (χ2v) is 5.46. The van der Waals surface area contributed by atoms with Gasteiger partial charge in [0, 0.05) is 18.1 Å². The lowest BCUT2D eigenvalue weighted by Gasteiger charge is -2.28. The molecule has 1 aromatic heterocycles. The summed E-state index contributed by atoms with van der Waals surface area (Å²) in [5, 5.41) is 0.874. The molecular weight excluding hydrogens is 236 g/mol. The molecule has 16 heavy (non-hydrogen) atoms.